The van der Waals surface area contributed by atoms with Crippen molar-refractivity contribution in [1.29, 1.82) is 0 Å². The summed E-state index contributed by atoms with van der Waals surface area (Å²) in [6.45, 7) is 3.81. The first-order valence-electron chi connectivity index (χ1n) is 9.78. The van der Waals surface area contributed by atoms with E-state index in [0.29, 0.717) is 28.3 Å². The fraction of sp³-hybridized carbons (Fsp3) is 0.286. The quantitative estimate of drug-likeness (QED) is 0.274. The van der Waals surface area contributed by atoms with Crippen molar-refractivity contribution in [3.63, 3.8) is 0 Å². The molecule has 0 aliphatic carbocycles. The highest BCUT2D eigenvalue weighted by Gasteiger charge is 2.15. The molecule has 11 heteroatoms. The molecule has 0 saturated carbocycles. The summed E-state index contributed by atoms with van der Waals surface area (Å²) < 4.78 is 17.8. The van der Waals surface area contributed by atoms with Gasteiger partial charge in [0.05, 0.1) is 28.4 Å². The molecule has 0 spiro atoms. The Morgan fingerprint density at radius 1 is 1.06 bits per heavy atom. The number of non-ortho nitro benzene ring substituents is 1. The lowest BCUT2D eigenvalue weighted by atomic mass is 10.3. The molecule has 0 fully saturated rings. The number of rotatable bonds is 9. The molecule has 0 N–H and O–H groups in total. The first-order valence-corrected chi connectivity index (χ1v) is 10.6. The van der Waals surface area contributed by atoms with E-state index in [2.05, 4.69) is 4.99 Å². The molecule has 1 aromatic heterocycles. The zero-order chi connectivity index (χ0) is 23.1. The standard InChI is InChI=1S/C21H21N3O7S/c1-3-29-15-6-8-16(9-7-15)31-13-19(25)22-21-23(12-20(26)30-4-2)17-10-5-14(24(27)28)11-18(17)32-21/h5-11H,3-4,12-13H2,1-2H3. The molecule has 0 radical (unpaired) electrons. The smallest absolute Gasteiger partial charge is 0.326 e. The van der Waals surface area contributed by atoms with Crippen LogP contribution in [0, 0.1) is 10.1 Å². The minimum atomic E-state index is -0.572. The number of fused-ring (bicyclic) bond motifs is 1. The molecule has 1 amide bonds. The van der Waals surface area contributed by atoms with E-state index in [0.717, 1.165) is 11.3 Å². The van der Waals surface area contributed by atoms with Crippen molar-refractivity contribution >= 4 is 39.1 Å². The molecule has 0 saturated heterocycles. The van der Waals surface area contributed by atoms with E-state index in [9.17, 15) is 19.7 Å². The predicted molar refractivity (Wildman–Crippen MR) is 117 cm³/mol. The number of aromatic nitrogens is 1. The van der Waals surface area contributed by atoms with Gasteiger partial charge in [0.2, 0.25) is 0 Å². The number of nitro groups is 1. The predicted octanol–water partition coefficient (Wildman–Crippen LogP) is 3.08. The van der Waals surface area contributed by atoms with Gasteiger partial charge in [0.1, 0.15) is 18.0 Å². The van der Waals surface area contributed by atoms with E-state index in [1.54, 1.807) is 31.2 Å². The number of carbonyl (C=O) groups is 2. The number of hydrogen-bond donors (Lipinski definition) is 0. The Hall–Kier alpha value is -3.73. The van der Waals surface area contributed by atoms with Crippen LogP contribution >= 0.6 is 11.3 Å². The molecular formula is C21H21N3O7S. The van der Waals surface area contributed by atoms with Crippen LogP contribution in [0.3, 0.4) is 0 Å². The normalized spacial score (nSPS) is 11.4. The van der Waals surface area contributed by atoms with Gasteiger partial charge in [-0.1, -0.05) is 11.3 Å². The van der Waals surface area contributed by atoms with Crippen LogP contribution in [0.5, 0.6) is 11.5 Å². The van der Waals surface area contributed by atoms with E-state index >= 15 is 0 Å². The van der Waals surface area contributed by atoms with Gasteiger partial charge in [-0.05, 0) is 44.2 Å². The average Bonchev–Trinajstić information content (AvgIpc) is 3.09. The molecule has 0 bridgehead atoms. The van der Waals surface area contributed by atoms with Gasteiger partial charge in [-0.2, -0.15) is 4.99 Å². The van der Waals surface area contributed by atoms with Gasteiger partial charge in [-0.25, -0.2) is 0 Å². The molecule has 3 rings (SSSR count). The summed E-state index contributed by atoms with van der Waals surface area (Å²) in [6, 6.07) is 11.0. The molecule has 0 aliphatic rings. The number of nitrogens with zero attached hydrogens (tertiary/aromatic N) is 3. The molecule has 0 atom stereocenters. The third-order valence-corrected chi connectivity index (χ3v) is 5.23. The van der Waals surface area contributed by atoms with Crippen molar-refractivity contribution in [2.24, 2.45) is 4.99 Å². The van der Waals surface area contributed by atoms with Crippen molar-refractivity contribution in [1.82, 2.24) is 4.57 Å². The summed E-state index contributed by atoms with van der Waals surface area (Å²) >= 11 is 1.06. The zero-order valence-electron chi connectivity index (χ0n) is 17.5. The summed E-state index contributed by atoms with van der Waals surface area (Å²) in [5.74, 6) is 0.0845. The highest BCUT2D eigenvalue weighted by molar-refractivity contribution is 7.16. The van der Waals surface area contributed by atoms with Crippen LogP contribution in [0.2, 0.25) is 0 Å². The average molecular weight is 459 g/mol. The second-order valence-electron chi connectivity index (χ2n) is 6.38. The summed E-state index contributed by atoms with van der Waals surface area (Å²) in [4.78, 5) is 39.3. The van der Waals surface area contributed by atoms with Gasteiger partial charge in [0.25, 0.3) is 11.6 Å². The first kappa shape index (κ1) is 22.9. The summed E-state index contributed by atoms with van der Waals surface area (Å²) in [7, 11) is 0. The van der Waals surface area contributed by atoms with Crippen molar-refractivity contribution in [2.45, 2.75) is 20.4 Å². The lowest BCUT2D eigenvalue weighted by molar-refractivity contribution is -0.384. The van der Waals surface area contributed by atoms with E-state index in [1.165, 1.54) is 22.8 Å². The van der Waals surface area contributed by atoms with Crippen molar-refractivity contribution in [2.75, 3.05) is 19.8 Å². The second-order valence-corrected chi connectivity index (χ2v) is 7.39. The first-order chi connectivity index (χ1) is 15.4. The van der Waals surface area contributed by atoms with E-state index < -0.39 is 16.8 Å². The Bertz CT molecular complexity index is 1200. The van der Waals surface area contributed by atoms with Crippen LogP contribution in [0.15, 0.2) is 47.5 Å². The minimum absolute atomic E-state index is 0.0984. The van der Waals surface area contributed by atoms with Crippen LogP contribution in [-0.2, 0) is 20.9 Å². The Kier molecular flexibility index (Phi) is 7.55. The van der Waals surface area contributed by atoms with Crippen LogP contribution in [-0.4, -0.2) is 41.2 Å². The lowest BCUT2D eigenvalue weighted by Gasteiger charge is -2.06. The largest absolute Gasteiger partial charge is 0.494 e. The van der Waals surface area contributed by atoms with Crippen molar-refractivity contribution < 1.29 is 28.7 Å². The number of ether oxygens (including phenoxy) is 3. The fourth-order valence-corrected chi connectivity index (χ4v) is 3.91. The lowest BCUT2D eigenvalue weighted by Crippen LogP contribution is -2.24. The van der Waals surface area contributed by atoms with Crippen LogP contribution in [0.25, 0.3) is 10.2 Å². The molecular weight excluding hydrogens is 438 g/mol. The molecule has 2 aromatic carbocycles. The van der Waals surface area contributed by atoms with Crippen LogP contribution < -0.4 is 14.3 Å². The number of benzene rings is 2. The number of nitro benzene ring substituents is 1. The zero-order valence-corrected chi connectivity index (χ0v) is 18.3. The highest BCUT2D eigenvalue weighted by Crippen LogP contribution is 2.23. The van der Waals surface area contributed by atoms with Gasteiger partial charge in [-0.3, -0.25) is 19.7 Å². The van der Waals surface area contributed by atoms with Crippen molar-refractivity contribution in [3.05, 3.63) is 57.4 Å². The molecule has 0 aliphatic heterocycles. The maximum atomic E-state index is 12.4. The summed E-state index contributed by atoms with van der Waals surface area (Å²) in [6.07, 6.45) is 0. The second kappa shape index (κ2) is 10.5. The van der Waals surface area contributed by atoms with Crippen LogP contribution in [0.1, 0.15) is 13.8 Å². The Morgan fingerprint density at radius 3 is 2.38 bits per heavy atom. The van der Waals surface area contributed by atoms with E-state index in [4.69, 9.17) is 14.2 Å². The van der Waals surface area contributed by atoms with Gasteiger partial charge in [0.15, 0.2) is 11.4 Å². The van der Waals surface area contributed by atoms with Crippen molar-refractivity contribution in [3.8, 4) is 11.5 Å². The Morgan fingerprint density at radius 2 is 1.75 bits per heavy atom. The third kappa shape index (κ3) is 5.70. The highest BCUT2D eigenvalue weighted by atomic mass is 32.1. The Labute approximate surface area is 186 Å². The SMILES string of the molecule is CCOC(=O)Cn1c(=NC(=O)COc2ccc(OCC)cc2)sc2cc([N+](=O)[O-])ccc21. The molecule has 32 heavy (non-hydrogen) atoms. The number of amides is 1. The number of thiazole rings is 1. The van der Waals surface area contributed by atoms with Crippen LogP contribution in [0.4, 0.5) is 5.69 Å². The maximum absolute atomic E-state index is 12.4. The van der Waals surface area contributed by atoms with Gasteiger partial charge in [0, 0.05) is 12.1 Å². The summed E-state index contributed by atoms with van der Waals surface area (Å²) in [5.41, 5.74) is 0.436. The molecule has 10 nitrogen and oxygen atoms in total. The fourth-order valence-electron chi connectivity index (χ4n) is 2.83. The number of carbonyl (C=O) groups excluding carboxylic acids is 2. The van der Waals surface area contributed by atoms with Gasteiger partial charge in [-0.15, -0.1) is 0 Å². The Balaban J connectivity index is 1.86. The molecule has 168 valence electrons. The van der Waals surface area contributed by atoms with Gasteiger partial charge < -0.3 is 18.8 Å². The monoisotopic (exact) mass is 459 g/mol. The molecule has 1 heterocycles. The summed E-state index contributed by atoms with van der Waals surface area (Å²) in [5, 5.41) is 11.1. The minimum Gasteiger partial charge on any atom is -0.494 e. The van der Waals surface area contributed by atoms with E-state index in [1.807, 2.05) is 6.92 Å². The van der Waals surface area contributed by atoms with E-state index in [-0.39, 0.29) is 30.2 Å². The maximum Gasteiger partial charge on any atom is 0.326 e. The van der Waals surface area contributed by atoms with Gasteiger partial charge >= 0.3 is 5.97 Å². The number of hydrogen-bond acceptors (Lipinski definition) is 8. The number of esters is 1. The molecule has 3 aromatic rings. The third-order valence-electron chi connectivity index (χ3n) is 4.19. The molecule has 0 unspecified atom stereocenters. The topological polar surface area (TPSA) is 122 Å².